The molecule has 1 aliphatic heterocycles. The first-order chi connectivity index (χ1) is 22.8. The van der Waals surface area contributed by atoms with Crippen molar-refractivity contribution in [1.82, 2.24) is 0 Å². The zero-order valence-electron chi connectivity index (χ0n) is 25.5. The highest BCUT2D eigenvalue weighted by molar-refractivity contribution is 7.95. The molecule has 0 spiro atoms. The summed E-state index contributed by atoms with van der Waals surface area (Å²) in [6.45, 7) is 0. The van der Waals surface area contributed by atoms with Gasteiger partial charge >= 0.3 is 0 Å². The second kappa shape index (κ2) is 11.9. The van der Waals surface area contributed by atoms with Crippen LogP contribution in [0.25, 0.3) is 16.8 Å². The number of benzene rings is 7. The van der Waals surface area contributed by atoms with Gasteiger partial charge in [-0.05, 0) is 77.0 Å². The fourth-order valence-corrected chi connectivity index (χ4v) is 11.3. The average molecular weight is 610 g/mol. The summed E-state index contributed by atoms with van der Waals surface area (Å²) in [5, 5.41) is 6.62. The molecule has 0 atom stereocenters. The van der Waals surface area contributed by atoms with Crippen molar-refractivity contribution in [2.45, 2.75) is 11.8 Å². The van der Waals surface area contributed by atoms with Crippen molar-refractivity contribution < 1.29 is 4.74 Å². The van der Waals surface area contributed by atoms with E-state index in [2.05, 4.69) is 194 Å². The summed E-state index contributed by atoms with van der Waals surface area (Å²) in [7, 11) is -2.00. The van der Waals surface area contributed by atoms with Crippen LogP contribution in [0.3, 0.4) is 0 Å². The van der Waals surface area contributed by atoms with Crippen LogP contribution in [0.2, 0.25) is 0 Å². The minimum absolute atomic E-state index is 0.686. The van der Waals surface area contributed by atoms with Gasteiger partial charge in [-0.3, -0.25) is 0 Å². The van der Waals surface area contributed by atoms with E-state index in [1.54, 1.807) is 0 Å². The van der Waals surface area contributed by atoms with E-state index in [4.69, 9.17) is 4.74 Å². The highest BCUT2D eigenvalue weighted by Crippen LogP contribution is 2.58. The largest absolute Gasteiger partial charge is 0.473 e. The van der Waals surface area contributed by atoms with E-state index in [1.165, 1.54) is 32.2 Å². The van der Waals surface area contributed by atoms with Gasteiger partial charge in [0.05, 0.1) is 6.16 Å². The highest BCUT2D eigenvalue weighted by Gasteiger charge is 2.45. The molecular weight excluding hydrogens is 575 g/mol. The number of hydrogen-bond acceptors (Lipinski definition) is 1. The molecule has 1 nitrogen and oxygen atoms in total. The summed E-state index contributed by atoms with van der Waals surface area (Å²) in [5.41, 5.74) is 4.00. The Morgan fingerprint density at radius 1 is 0.478 bits per heavy atom. The van der Waals surface area contributed by atoms with Crippen molar-refractivity contribution in [2.75, 3.05) is 0 Å². The van der Waals surface area contributed by atoms with E-state index >= 15 is 0 Å². The zero-order chi connectivity index (χ0) is 30.8. The maximum absolute atomic E-state index is 7.00. The second-order valence-electron chi connectivity index (χ2n) is 11.9. The van der Waals surface area contributed by atoms with Crippen LogP contribution in [-0.4, -0.2) is 0 Å². The number of ether oxygens (including phenoxy) is 1. The molecule has 7 aromatic rings. The van der Waals surface area contributed by atoms with Gasteiger partial charge in [0, 0.05) is 16.7 Å². The third-order valence-electron chi connectivity index (χ3n) is 9.26. The lowest BCUT2D eigenvalue weighted by Crippen LogP contribution is -2.34. The molecule has 0 unspecified atom stereocenters. The Morgan fingerprint density at radius 3 is 1.46 bits per heavy atom. The Morgan fingerprint density at radius 2 is 0.957 bits per heavy atom. The highest BCUT2D eigenvalue weighted by atomic mass is 31.2. The predicted molar refractivity (Wildman–Crippen MR) is 196 cm³/mol. The van der Waals surface area contributed by atoms with E-state index < -0.39 is 12.9 Å². The lowest BCUT2D eigenvalue weighted by Gasteiger charge is -2.36. The van der Waals surface area contributed by atoms with Crippen LogP contribution in [-0.2, 0) is 11.8 Å². The van der Waals surface area contributed by atoms with Crippen molar-refractivity contribution in [2.24, 2.45) is 0 Å². The van der Waals surface area contributed by atoms with Gasteiger partial charge in [-0.1, -0.05) is 133 Å². The van der Waals surface area contributed by atoms with Crippen LogP contribution in [0.15, 0.2) is 188 Å². The molecule has 46 heavy (non-hydrogen) atoms. The average Bonchev–Trinajstić information content (AvgIpc) is 3.15. The molecule has 0 saturated heterocycles. The number of fused-ring (bicyclic) bond motifs is 3. The molecule has 0 N–H and O–H groups in total. The van der Waals surface area contributed by atoms with Gasteiger partial charge in [0.25, 0.3) is 0 Å². The van der Waals surface area contributed by atoms with E-state index in [-0.39, 0.29) is 0 Å². The summed E-state index contributed by atoms with van der Waals surface area (Å²) in [4.78, 5) is 0. The van der Waals surface area contributed by atoms with Crippen molar-refractivity contribution in [3.05, 3.63) is 210 Å². The fraction of sp³-hybridized carbons (Fsp3) is 0.0455. The minimum atomic E-state index is -2.00. The second-order valence-corrected chi connectivity index (χ2v) is 15.4. The molecule has 2 heteroatoms. The van der Waals surface area contributed by atoms with Crippen molar-refractivity contribution in [3.63, 3.8) is 0 Å². The molecule has 1 heterocycles. The molecule has 0 saturated carbocycles. The normalized spacial score (nSPS) is 13.6. The van der Waals surface area contributed by atoms with Crippen molar-refractivity contribution >= 4 is 40.0 Å². The van der Waals surface area contributed by atoms with E-state index in [0.29, 0.717) is 0 Å². The van der Waals surface area contributed by atoms with Crippen LogP contribution in [0.4, 0.5) is 0 Å². The first kappa shape index (κ1) is 28.3. The molecule has 0 bridgehead atoms. The minimum Gasteiger partial charge on any atom is -0.473 e. The summed E-state index contributed by atoms with van der Waals surface area (Å²) in [6.07, 6.45) is 5.43. The van der Waals surface area contributed by atoms with Gasteiger partial charge in [0.1, 0.15) is 28.9 Å². The van der Waals surface area contributed by atoms with Crippen LogP contribution < -0.4 is 20.7 Å². The Bertz CT molecular complexity index is 1990. The SMILES string of the molecule is C1=CC(c2ccccc2)(c2ccccc2)Oc2ccc3cc(C[P+](c4ccccc4)(c4ccccc4)c4ccccc4)ccc3c21. The van der Waals surface area contributed by atoms with Gasteiger partial charge in [-0.15, -0.1) is 0 Å². The molecule has 220 valence electrons. The summed E-state index contributed by atoms with van der Waals surface area (Å²) < 4.78 is 7.00. The molecular formula is C44H34OP+. The quantitative estimate of drug-likeness (QED) is 0.164. The Kier molecular flexibility index (Phi) is 7.33. The van der Waals surface area contributed by atoms with Gasteiger partial charge in [-0.2, -0.15) is 0 Å². The molecule has 1 aliphatic rings. The topological polar surface area (TPSA) is 9.23 Å². The van der Waals surface area contributed by atoms with Crippen LogP contribution in [0, 0.1) is 0 Å². The van der Waals surface area contributed by atoms with E-state index in [0.717, 1.165) is 28.6 Å². The monoisotopic (exact) mass is 609 g/mol. The number of hydrogen-bond donors (Lipinski definition) is 0. The summed E-state index contributed by atoms with van der Waals surface area (Å²) in [6, 6.07) is 65.8. The molecule has 0 aromatic heterocycles. The third kappa shape index (κ3) is 4.85. The maximum Gasteiger partial charge on any atom is 0.178 e. The van der Waals surface area contributed by atoms with Crippen molar-refractivity contribution in [3.8, 4) is 5.75 Å². The van der Waals surface area contributed by atoms with Crippen LogP contribution in [0.1, 0.15) is 22.3 Å². The Balaban J connectivity index is 1.24. The van der Waals surface area contributed by atoms with Crippen molar-refractivity contribution in [1.29, 1.82) is 0 Å². The van der Waals surface area contributed by atoms with Gasteiger partial charge in [0.2, 0.25) is 0 Å². The van der Waals surface area contributed by atoms with E-state index in [9.17, 15) is 0 Å². The van der Waals surface area contributed by atoms with Crippen LogP contribution in [0.5, 0.6) is 5.75 Å². The first-order valence-corrected chi connectivity index (χ1v) is 17.8. The Hall–Kier alpha value is -5.23. The van der Waals surface area contributed by atoms with Gasteiger partial charge in [0.15, 0.2) is 5.60 Å². The lowest BCUT2D eigenvalue weighted by molar-refractivity contribution is 0.161. The molecule has 0 amide bonds. The maximum atomic E-state index is 7.00. The lowest BCUT2D eigenvalue weighted by atomic mass is 9.83. The fourth-order valence-electron chi connectivity index (χ4n) is 7.04. The van der Waals surface area contributed by atoms with Crippen LogP contribution >= 0.6 is 7.26 Å². The molecule has 7 aromatic carbocycles. The smallest absolute Gasteiger partial charge is 0.178 e. The molecule has 0 aliphatic carbocycles. The third-order valence-corrected chi connectivity index (χ3v) is 13.6. The predicted octanol–water partition coefficient (Wildman–Crippen LogP) is 9.68. The van der Waals surface area contributed by atoms with Gasteiger partial charge < -0.3 is 4.74 Å². The standard InChI is InChI=1S/C44H34OP/c1-6-16-36(17-7-1)44(37-18-8-2-9-19-37)31-30-42-41-28-26-34(32-35(41)27-29-43(42)45-44)33-46(38-20-10-3-11-21-38,39-22-12-4-13-23-39)40-24-14-5-15-25-40/h1-32H,33H2/q+1. The number of rotatable bonds is 7. The summed E-state index contributed by atoms with van der Waals surface area (Å²) in [5.74, 6) is 0.898. The van der Waals surface area contributed by atoms with E-state index in [1.807, 2.05) is 0 Å². The zero-order valence-corrected chi connectivity index (χ0v) is 26.4. The Labute approximate surface area is 271 Å². The van der Waals surface area contributed by atoms with Gasteiger partial charge in [-0.25, -0.2) is 0 Å². The molecule has 0 radical (unpaired) electrons. The molecule has 8 rings (SSSR count). The summed E-state index contributed by atoms with van der Waals surface area (Å²) >= 11 is 0. The first-order valence-electron chi connectivity index (χ1n) is 15.9. The molecule has 0 fully saturated rings.